The van der Waals surface area contributed by atoms with Crippen LogP contribution < -0.4 is 15.8 Å². The molecule has 28 heavy (non-hydrogen) atoms. The van der Waals surface area contributed by atoms with Crippen LogP contribution in [0.2, 0.25) is 0 Å². The second kappa shape index (κ2) is 8.30. The fourth-order valence-electron chi connectivity index (χ4n) is 3.86. The van der Waals surface area contributed by atoms with E-state index >= 15 is 0 Å². The molecule has 0 unspecified atom stereocenters. The highest BCUT2D eigenvalue weighted by Crippen LogP contribution is 2.28. The van der Waals surface area contributed by atoms with Crippen molar-refractivity contribution in [2.24, 2.45) is 0 Å². The molecule has 3 aromatic rings. The molecule has 0 atom stereocenters. The summed E-state index contributed by atoms with van der Waals surface area (Å²) in [5.41, 5.74) is 2.91. The maximum Gasteiger partial charge on any atom is 0.252 e. The Bertz CT molecular complexity index is 1030. The van der Waals surface area contributed by atoms with E-state index in [1.165, 1.54) is 25.7 Å². The van der Waals surface area contributed by atoms with Crippen molar-refractivity contribution in [3.63, 3.8) is 0 Å². The van der Waals surface area contributed by atoms with Gasteiger partial charge in [0.2, 0.25) is 5.91 Å². The van der Waals surface area contributed by atoms with Crippen molar-refractivity contribution in [3.8, 4) is 0 Å². The van der Waals surface area contributed by atoms with Gasteiger partial charge in [0, 0.05) is 24.2 Å². The summed E-state index contributed by atoms with van der Waals surface area (Å²) in [5.74, 6) is -0.178. The number of amides is 1. The van der Waals surface area contributed by atoms with Crippen molar-refractivity contribution in [2.75, 3.05) is 23.3 Å². The molecule has 1 aromatic heterocycles. The molecule has 1 fully saturated rings. The molecule has 0 radical (unpaired) electrons. The molecule has 0 spiro atoms. The van der Waals surface area contributed by atoms with Gasteiger partial charge in [-0.25, -0.2) is 0 Å². The van der Waals surface area contributed by atoms with Gasteiger partial charge in [0.1, 0.15) is 0 Å². The summed E-state index contributed by atoms with van der Waals surface area (Å²) in [5, 5.41) is 3.94. The van der Waals surface area contributed by atoms with Crippen LogP contribution >= 0.6 is 0 Å². The van der Waals surface area contributed by atoms with Gasteiger partial charge < -0.3 is 15.2 Å². The smallest absolute Gasteiger partial charge is 0.252 e. The van der Waals surface area contributed by atoms with Gasteiger partial charge in [-0.2, -0.15) is 0 Å². The zero-order valence-corrected chi connectivity index (χ0v) is 15.9. The number of H-pyrrole nitrogens is 1. The fourth-order valence-corrected chi connectivity index (χ4v) is 3.86. The number of carbonyl (C=O) groups is 1. The van der Waals surface area contributed by atoms with E-state index in [0.717, 1.165) is 35.4 Å². The molecule has 1 aliphatic rings. The second-order valence-electron chi connectivity index (χ2n) is 7.35. The molecule has 1 saturated heterocycles. The lowest BCUT2D eigenvalue weighted by molar-refractivity contribution is -0.115. The molecule has 1 aliphatic heterocycles. The van der Waals surface area contributed by atoms with E-state index in [0.29, 0.717) is 5.56 Å². The third kappa shape index (κ3) is 4.09. The number of aromatic nitrogens is 1. The van der Waals surface area contributed by atoms with Crippen LogP contribution in [-0.2, 0) is 11.2 Å². The Kier molecular flexibility index (Phi) is 5.42. The number of fused-ring (bicyclic) bond motifs is 1. The Hall–Kier alpha value is -3.08. The van der Waals surface area contributed by atoms with Crippen LogP contribution in [0.15, 0.2) is 59.4 Å². The van der Waals surface area contributed by atoms with Crippen molar-refractivity contribution < 1.29 is 4.79 Å². The predicted octanol–water partition coefficient (Wildman–Crippen LogP) is 4.09. The molecule has 2 heterocycles. The molecule has 0 aliphatic carbocycles. The first-order chi connectivity index (χ1) is 13.7. The summed E-state index contributed by atoms with van der Waals surface area (Å²) in [7, 11) is 0. The number of para-hydroxylation sites is 3. The third-order valence-corrected chi connectivity index (χ3v) is 5.31. The van der Waals surface area contributed by atoms with E-state index in [9.17, 15) is 9.59 Å². The average Bonchev–Trinajstić information content (AvgIpc) is 2.98. The van der Waals surface area contributed by atoms with Crippen LogP contribution in [0.4, 0.5) is 11.4 Å². The topological polar surface area (TPSA) is 65.2 Å². The number of rotatable bonds is 4. The first-order valence-electron chi connectivity index (χ1n) is 9.95. The van der Waals surface area contributed by atoms with Gasteiger partial charge in [0.05, 0.1) is 17.8 Å². The SMILES string of the molecule is O=C(Cc1cc2ccccc2[nH]c1=O)Nc1ccccc1N1CCCCCC1. The summed E-state index contributed by atoms with van der Waals surface area (Å²) in [6, 6.07) is 17.3. The maximum atomic E-state index is 12.7. The van der Waals surface area contributed by atoms with Gasteiger partial charge in [-0.15, -0.1) is 0 Å². The molecule has 5 nitrogen and oxygen atoms in total. The Morgan fingerprint density at radius 2 is 1.68 bits per heavy atom. The summed E-state index contributed by atoms with van der Waals surface area (Å²) in [6.45, 7) is 2.02. The van der Waals surface area contributed by atoms with Gasteiger partial charge in [0.15, 0.2) is 0 Å². The molecule has 144 valence electrons. The molecule has 2 N–H and O–H groups in total. The molecular weight excluding hydrogens is 350 g/mol. The van der Waals surface area contributed by atoms with E-state index in [1.54, 1.807) is 6.07 Å². The predicted molar refractivity (Wildman–Crippen MR) is 114 cm³/mol. The number of nitrogens with one attached hydrogen (secondary N) is 2. The maximum absolute atomic E-state index is 12.7. The Morgan fingerprint density at radius 1 is 0.964 bits per heavy atom. The number of benzene rings is 2. The molecular formula is C23H25N3O2. The summed E-state index contributed by atoms with van der Waals surface area (Å²) in [6.07, 6.45) is 4.92. The Morgan fingerprint density at radius 3 is 2.50 bits per heavy atom. The molecule has 0 saturated carbocycles. The summed E-state index contributed by atoms with van der Waals surface area (Å²) >= 11 is 0. The van der Waals surface area contributed by atoms with Gasteiger partial charge in [-0.1, -0.05) is 43.2 Å². The third-order valence-electron chi connectivity index (χ3n) is 5.31. The van der Waals surface area contributed by atoms with Crippen LogP contribution in [0.1, 0.15) is 31.2 Å². The molecule has 4 rings (SSSR count). The van der Waals surface area contributed by atoms with Crippen LogP contribution in [0.5, 0.6) is 0 Å². The van der Waals surface area contributed by atoms with Crippen molar-refractivity contribution in [1.82, 2.24) is 4.98 Å². The van der Waals surface area contributed by atoms with Gasteiger partial charge >= 0.3 is 0 Å². The Labute approximate surface area is 164 Å². The average molecular weight is 375 g/mol. The van der Waals surface area contributed by atoms with E-state index < -0.39 is 0 Å². The van der Waals surface area contributed by atoms with Crippen LogP contribution in [0.25, 0.3) is 10.9 Å². The lowest BCUT2D eigenvalue weighted by atomic mass is 10.1. The van der Waals surface area contributed by atoms with Gasteiger partial charge in [-0.3, -0.25) is 9.59 Å². The normalized spacial score (nSPS) is 14.6. The minimum absolute atomic E-state index is 0.0501. The first-order valence-corrected chi connectivity index (χ1v) is 9.95. The largest absolute Gasteiger partial charge is 0.370 e. The molecule has 1 amide bonds. The number of pyridine rings is 1. The highest BCUT2D eigenvalue weighted by Gasteiger charge is 2.15. The molecule has 5 heteroatoms. The van der Waals surface area contributed by atoms with Gasteiger partial charge in [-0.05, 0) is 42.5 Å². The molecule has 2 aromatic carbocycles. The van der Waals surface area contributed by atoms with Crippen molar-refractivity contribution in [3.05, 3.63) is 70.5 Å². The highest BCUT2D eigenvalue weighted by atomic mass is 16.2. The Balaban J connectivity index is 1.53. The van der Waals surface area contributed by atoms with Crippen molar-refractivity contribution in [2.45, 2.75) is 32.1 Å². The minimum Gasteiger partial charge on any atom is -0.370 e. The quantitative estimate of drug-likeness (QED) is 0.722. The minimum atomic E-state index is -0.213. The van der Waals surface area contributed by atoms with E-state index in [-0.39, 0.29) is 17.9 Å². The van der Waals surface area contributed by atoms with E-state index in [2.05, 4.69) is 21.3 Å². The number of carbonyl (C=O) groups excluding carboxylic acids is 1. The van der Waals surface area contributed by atoms with Crippen molar-refractivity contribution in [1.29, 1.82) is 0 Å². The summed E-state index contributed by atoms with van der Waals surface area (Å²) in [4.78, 5) is 30.2. The van der Waals surface area contributed by atoms with E-state index in [1.807, 2.05) is 42.5 Å². The van der Waals surface area contributed by atoms with Crippen LogP contribution in [0.3, 0.4) is 0 Å². The van der Waals surface area contributed by atoms with Crippen LogP contribution in [0, 0.1) is 0 Å². The first kappa shape index (κ1) is 18.3. The second-order valence-corrected chi connectivity index (χ2v) is 7.35. The number of hydrogen-bond donors (Lipinski definition) is 2. The number of anilines is 2. The number of aromatic amines is 1. The standard InChI is InChI=1S/C23H25N3O2/c27-22(16-18-15-17-9-3-4-10-19(17)25-23(18)28)24-20-11-5-6-12-21(20)26-13-7-1-2-8-14-26/h3-6,9-12,15H,1-2,7-8,13-14,16H2,(H,24,27)(H,25,28). The highest BCUT2D eigenvalue weighted by molar-refractivity contribution is 5.96. The number of nitrogens with zero attached hydrogens (tertiary/aromatic N) is 1. The lowest BCUT2D eigenvalue weighted by Crippen LogP contribution is -2.26. The van der Waals surface area contributed by atoms with Gasteiger partial charge in [0.25, 0.3) is 5.56 Å². The van der Waals surface area contributed by atoms with Crippen molar-refractivity contribution >= 4 is 28.2 Å². The zero-order chi connectivity index (χ0) is 19.3. The summed E-state index contributed by atoms with van der Waals surface area (Å²) < 4.78 is 0. The van der Waals surface area contributed by atoms with Crippen LogP contribution in [-0.4, -0.2) is 24.0 Å². The molecule has 0 bridgehead atoms. The zero-order valence-electron chi connectivity index (χ0n) is 15.9. The number of hydrogen-bond acceptors (Lipinski definition) is 3. The monoisotopic (exact) mass is 375 g/mol. The lowest BCUT2D eigenvalue weighted by Gasteiger charge is -2.25. The fraction of sp³-hybridized carbons (Fsp3) is 0.304. The van der Waals surface area contributed by atoms with E-state index in [4.69, 9.17) is 0 Å².